The summed E-state index contributed by atoms with van der Waals surface area (Å²) in [7, 11) is -3.73. The van der Waals surface area contributed by atoms with Crippen molar-refractivity contribution in [2.24, 2.45) is 0 Å². The molecule has 1 fully saturated rings. The third-order valence-corrected chi connectivity index (χ3v) is 6.55. The zero-order valence-corrected chi connectivity index (χ0v) is 16.0. The highest BCUT2D eigenvalue weighted by Gasteiger charge is 2.36. The van der Waals surface area contributed by atoms with Gasteiger partial charge in [0.15, 0.2) is 0 Å². The number of carbonyl (C=O) groups excluding carboxylic acids is 1. The summed E-state index contributed by atoms with van der Waals surface area (Å²) >= 11 is 11.8. The lowest BCUT2D eigenvalue weighted by Crippen LogP contribution is -2.48. The molecule has 1 heterocycles. The molecular weight excluding hydrogens is 397 g/mol. The number of halogens is 2. The fraction of sp³-hybridized carbons (Fsp3) is 0.235. The van der Waals surface area contributed by atoms with E-state index in [9.17, 15) is 13.2 Å². The van der Waals surface area contributed by atoms with Crippen LogP contribution in [0.3, 0.4) is 0 Å². The normalized spacial score (nSPS) is 17.8. The van der Waals surface area contributed by atoms with E-state index < -0.39 is 22.2 Å². The zero-order chi connectivity index (χ0) is 18.7. The number of nitrogens with one attached hydrogen (secondary N) is 2. The molecule has 1 atom stereocenters. The molecule has 2 N–H and O–H groups in total. The molecular formula is C17H17Cl2N3O3S. The van der Waals surface area contributed by atoms with E-state index in [1.165, 1.54) is 28.6 Å². The van der Waals surface area contributed by atoms with Gasteiger partial charge in [-0.05, 0) is 49.2 Å². The number of sulfonamides is 1. The molecule has 1 saturated heterocycles. The van der Waals surface area contributed by atoms with Crippen LogP contribution in [0, 0.1) is 0 Å². The molecule has 1 unspecified atom stereocenters. The van der Waals surface area contributed by atoms with Crippen molar-refractivity contribution < 1.29 is 13.2 Å². The monoisotopic (exact) mass is 413 g/mol. The van der Waals surface area contributed by atoms with Gasteiger partial charge in [0.25, 0.3) is 0 Å². The molecule has 1 aliphatic heterocycles. The van der Waals surface area contributed by atoms with Crippen molar-refractivity contribution in [1.29, 1.82) is 0 Å². The molecule has 6 nitrogen and oxygen atoms in total. The van der Waals surface area contributed by atoms with Crippen LogP contribution in [0.1, 0.15) is 12.8 Å². The molecule has 0 radical (unpaired) electrons. The molecule has 0 aromatic heterocycles. The predicted octanol–water partition coefficient (Wildman–Crippen LogP) is 3.93. The molecule has 2 aromatic rings. The van der Waals surface area contributed by atoms with Crippen molar-refractivity contribution in [3.63, 3.8) is 0 Å². The van der Waals surface area contributed by atoms with Gasteiger partial charge in [-0.1, -0.05) is 35.3 Å². The first-order chi connectivity index (χ1) is 12.4. The maximum atomic E-state index is 12.8. The highest BCUT2D eigenvalue weighted by atomic mass is 35.5. The molecule has 1 aliphatic rings. The second kappa shape index (κ2) is 7.84. The summed E-state index contributed by atoms with van der Waals surface area (Å²) in [5, 5.41) is 6.20. The lowest BCUT2D eigenvalue weighted by atomic mass is 10.3. The number of anilines is 1. The number of carbonyl (C=O) groups is 1. The molecule has 0 saturated carbocycles. The Morgan fingerprint density at radius 1 is 1.08 bits per heavy atom. The number of hydrogen-bond acceptors (Lipinski definition) is 3. The Morgan fingerprint density at radius 3 is 2.46 bits per heavy atom. The van der Waals surface area contributed by atoms with E-state index in [1.54, 1.807) is 24.3 Å². The first-order valence-electron chi connectivity index (χ1n) is 7.97. The van der Waals surface area contributed by atoms with E-state index in [4.69, 9.17) is 23.2 Å². The Bertz CT molecular complexity index is 904. The Morgan fingerprint density at radius 2 is 1.77 bits per heavy atom. The van der Waals surface area contributed by atoms with Crippen LogP contribution in [0.2, 0.25) is 10.0 Å². The van der Waals surface area contributed by atoms with E-state index in [1.807, 2.05) is 0 Å². The van der Waals surface area contributed by atoms with E-state index >= 15 is 0 Å². The summed E-state index contributed by atoms with van der Waals surface area (Å²) in [5.74, 6) is 0. The van der Waals surface area contributed by atoms with Gasteiger partial charge in [-0.2, -0.15) is 4.31 Å². The lowest BCUT2D eigenvalue weighted by molar-refractivity contribution is 0.240. The minimum Gasteiger partial charge on any atom is -0.321 e. The highest BCUT2D eigenvalue weighted by Crippen LogP contribution is 2.26. The second-order valence-electron chi connectivity index (χ2n) is 5.81. The van der Waals surface area contributed by atoms with Crippen molar-refractivity contribution in [3.8, 4) is 0 Å². The summed E-state index contributed by atoms with van der Waals surface area (Å²) in [6.45, 7) is 0.335. The lowest BCUT2D eigenvalue weighted by Gasteiger charge is -2.25. The highest BCUT2D eigenvalue weighted by molar-refractivity contribution is 7.89. The minimum atomic E-state index is -3.73. The van der Waals surface area contributed by atoms with Gasteiger partial charge in [0.05, 0.1) is 21.8 Å². The molecule has 26 heavy (non-hydrogen) atoms. The van der Waals surface area contributed by atoms with Gasteiger partial charge in [-0.25, -0.2) is 13.2 Å². The van der Waals surface area contributed by atoms with Crippen molar-refractivity contribution >= 4 is 44.9 Å². The van der Waals surface area contributed by atoms with Gasteiger partial charge < -0.3 is 10.6 Å². The minimum absolute atomic E-state index is 0.141. The number of rotatable bonds is 4. The fourth-order valence-corrected chi connectivity index (χ4v) is 4.71. The topological polar surface area (TPSA) is 78.5 Å². The predicted molar refractivity (Wildman–Crippen MR) is 102 cm³/mol. The number of para-hydroxylation sites is 1. The quantitative estimate of drug-likeness (QED) is 0.796. The van der Waals surface area contributed by atoms with Gasteiger partial charge in [0.1, 0.15) is 0 Å². The van der Waals surface area contributed by atoms with Crippen LogP contribution in [-0.4, -0.2) is 31.5 Å². The standard InChI is InChI=1S/C17H17Cl2N3O3S/c18-12-7-9-13(10-8-12)26(24,25)22-11-3-6-16(22)21-17(23)20-15-5-2-1-4-14(15)19/h1-2,4-5,7-10,16H,3,6,11H2,(H2,20,21,23). The van der Waals surface area contributed by atoms with Crippen LogP contribution < -0.4 is 10.6 Å². The Balaban J connectivity index is 1.73. The number of urea groups is 1. The Kier molecular flexibility index (Phi) is 5.72. The van der Waals surface area contributed by atoms with Crippen LogP contribution in [0.5, 0.6) is 0 Å². The first kappa shape index (κ1) is 19.0. The van der Waals surface area contributed by atoms with E-state index in [-0.39, 0.29) is 4.90 Å². The molecule has 2 aromatic carbocycles. The van der Waals surface area contributed by atoms with Crippen LogP contribution in [-0.2, 0) is 10.0 Å². The smallest absolute Gasteiger partial charge is 0.320 e. The summed E-state index contributed by atoms with van der Waals surface area (Å²) in [6, 6.07) is 12.3. The average molecular weight is 414 g/mol. The van der Waals surface area contributed by atoms with Crippen LogP contribution in [0.4, 0.5) is 10.5 Å². The summed E-state index contributed by atoms with van der Waals surface area (Å²) < 4.78 is 27.0. The SMILES string of the molecule is O=C(Nc1ccccc1Cl)NC1CCCN1S(=O)(=O)c1ccc(Cl)cc1. The first-order valence-corrected chi connectivity index (χ1v) is 10.2. The molecule has 138 valence electrons. The van der Waals surface area contributed by atoms with Crippen molar-refractivity contribution in [1.82, 2.24) is 9.62 Å². The number of benzene rings is 2. The Hall–Kier alpha value is -1.80. The molecule has 0 spiro atoms. The largest absolute Gasteiger partial charge is 0.321 e. The average Bonchev–Trinajstić information content (AvgIpc) is 3.06. The van der Waals surface area contributed by atoms with Crippen LogP contribution in [0.15, 0.2) is 53.4 Å². The van der Waals surface area contributed by atoms with Crippen molar-refractivity contribution in [2.75, 3.05) is 11.9 Å². The van der Waals surface area contributed by atoms with Crippen LogP contribution in [0.25, 0.3) is 0 Å². The maximum Gasteiger partial charge on any atom is 0.320 e. The van der Waals surface area contributed by atoms with Gasteiger partial charge in [0.2, 0.25) is 10.0 Å². The molecule has 9 heteroatoms. The van der Waals surface area contributed by atoms with Gasteiger partial charge in [-0.15, -0.1) is 0 Å². The second-order valence-corrected chi connectivity index (χ2v) is 8.54. The molecule has 2 amide bonds. The molecule has 0 bridgehead atoms. The summed E-state index contributed by atoms with van der Waals surface area (Å²) in [4.78, 5) is 12.4. The third-order valence-electron chi connectivity index (χ3n) is 4.04. The van der Waals surface area contributed by atoms with Gasteiger partial charge in [0, 0.05) is 11.6 Å². The van der Waals surface area contributed by atoms with Crippen molar-refractivity contribution in [2.45, 2.75) is 23.9 Å². The van der Waals surface area contributed by atoms with Gasteiger partial charge >= 0.3 is 6.03 Å². The third kappa shape index (κ3) is 4.12. The van der Waals surface area contributed by atoms with Crippen LogP contribution >= 0.6 is 23.2 Å². The molecule has 0 aliphatic carbocycles. The summed E-state index contributed by atoms with van der Waals surface area (Å²) in [6.07, 6.45) is 0.560. The number of hydrogen-bond donors (Lipinski definition) is 2. The fourth-order valence-electron chi connectivity index (χ4n) is 2.79. The summed E-state index contributed by atoms with van der Waals surface area (Å²) in [5.41, 5.74) is 0.455. The number of nitrogens with zero attached hydrogens (tertiary/aromatic N) is 1. The maximum absolute atomic E-state index is 12.8. The Labute approximate surface area is 162 Å². The molecule has 3 rings (SSSR count). The van der Waals surface area contributed by atoms with Crippen molar-refractivity contribution in [3.05, 3.63) is 58.6 Å². The van der Waals surface area contributed by atoms with Gasteiger partial charge in [-0.3, -0.25) is 0 Å². The number of amides is 2. The zero-order valence-electron chi connectivity index (χ0n) is 13.7. The van der Waals surface area contributed by atoms with E-state index in [2.05, 4.69) is 10.6 Å². The van der Waals surface area contributed by atoms with E-state index in [0.29, 0.717) is 35.1 Å². The van der Waals surface area contributed by atoms with E-state index in [0.717, 1.165) is 0 Å².